The number of hydrogen-bond donors (Lipinski definition) is 0. The average molecular weight is 601 g/mol. The van der Waals surface area contributed by atoms with E-state index in [9.17, 15) is 4.79 Å². The number of carbonyl (C=O) groups is 1. The van der Waals surface area contributed by atoms with Crippen molar-refractivity contribution in [1.29, 1.82) is 0 Å². The summed E-state index contributed by atoms with van der Waals surface area (Å²) in [6, 6.07) is 40.6. The molecule has 0 spiro atoms. The molecule has 0 unspecified atom stereocenters. The van der Waals surface area contributed by atoms with Crippen molar-refractivity contribution >= 4 is 11.7 Å². The third-order valence-electron chi connectivity index (χ3n) is 9.11. The van der Waals surface area contributed by atoms with Crippen molar-refractivity contribution in [3.63, 3.8) is 0 Å². The number of aryl methyl sites for hydroxylation is 1. The maximum absolute atomic E-state index is 14.2. The van der Waals surface area contributed by atoms with Crippen LogP contribution in [-0.2, 0) is 29.0 Å². The third-order valence-corrected chi connectivity index (χ3v) is 9.11. The van der Waals surface area contributed by atoms with Gasteiger partial charge in [0.25, 0.3) is 0 Å². The van der Waals surface area contributed by atoms with Crippen LogP contribution in [0.4, 0.5) is 5.69 Å². The van der Waals surface area contributed by atoms with Crippen LogP contribution in [0.2, 0.25) is 0 Å². The lowest BCUT2D eigenvalue weighted by molar-refractivity contribution is -0.160. The maximum Gasteiger partial charge on any atom is 0.336 e. The lowest BCUT2D eigenvalue weighted by Crippen LogP contribution is -2.44. The predicted octanol–water partition coefficient (Wildman–Crippen LogP) is 9.32. The molecule has 1 aliphatic rings. The summed E-state index contributed by atoms with van der Waals surface area (Å²) >= 11 is 0. The van der Waals surface area contributed by atoms with Gasteiger partial charge in [0.1, 0.15) is 5.60 Å². The Hall–Kier alpha value is -4.31. The molecule has 2 atom stereocenters. The summed E-state index contributed by atoms with van der Waals surface area (Å²) in [5.74, 6) is -0.215. The van der Waals surface area contributed by atoms with E-state index in [1.807, 2.05) is 6.07 Å². The molecule has 4 nitrogen and oxygen atoms in total. The number of cyclic esters (lactones) is 1. The number of esters is 1. The van der Waals surface area contributed by atoms with Crippen LogP contribution in [0.15, 0.2) is 127 Å². The van der Waals surface area contributed by atoms with Crippen molar-refractivity contribution in [3.8, 4) is 0 Å². The van der Waals surface area contributed by atoms with Crippen LogP contribution < -0.4 is 4.90 Å². The van der Waals surface area contributed by atoms with Crippen LogP contribution in [0.1, 0.15) is 74.1 Å². The van der Waals surface area contributed by atoms with Crippen LogP contribution in [0, 0.1) is 0 Å². The Morgan fingerprint density at radius 2 is 1.31 bits per heavy atom. The molecule has 0 aliphatic carbocycles. The van der Waals surface area contributed by atoms with Gasteiger partial charge in [0.2, 0.25) is 0 Å². The van der Waals surface area contributed by atoms with Crippen LogP contribution >= 0.6 is 0 Å². The van der Waals surface area contributed by atoms with Gasteiger partial charge in [-0.05, 0) is 60.1 Å². The maximum atomic E-state index is 14.2. The minimum Gasteiger partial charge on any atom is -0.455 e. The molecule has 45 heavy (non-hydrogen) atoms. The minimum absolute atomic E-state index is 0.0566. The van der Waals surface area contributed by atoms with E-state index in [2.05, 4.69) is 147 Å². The highest BCUT2D eigenvalue weighted by molar-refractivity contribution is 5.92. The Bertz CT molecular complexity index is 1510. The highest BCUT2D eigenvalue weighted by atomic mass is 16.6. The quantitative estimate of drug-likeness (QED) is 0.135. The third kappa shape index (κ3) is 8.05. The number of ether oxygens (including phenoxy) is 1. The lowest BCUT2D eigenvalue weighted by Gasteiger charge is -2.42. The second-order valence-corrected chi connectivity index (χ2v) is 12.6. The molecule has 1 heterocycles. The van der Waals surface area contributed by atoms with Gasteiger partial charge in [-0.2, -0.15) is 0 Å². The molecule has 0 N–H and O–H groups in total. The van der Waals surface area contributed by atoms with Crippen molar-refractivity contribution in [1.82, 2.24) is 4.90 Å². The van der Waals surface area contributed by atoms with Gasteiger partial charge in [-0.25, -0.2) is 4.79 Å². The van der Waals surface area contributed by atoms with E-state index in [-0.39, 0.29) is 11.9 Å². The van der Waals surface area contributed by atoms with Crippen LogP contribution in [-0.4, -0.2) is 30.6 Å². The fourth-order valence-corrected chi connectivity index (χ4v) is 6.82. The first-order chi connectivity index (χ1) is 21.9. The minimum atomic E-state index is -0.493. The Morgan fingerprint density at radius 3 is 1.84 bits per heavy atom. The van der Waals surface area contributed by atoms with E-state index in [0.29, 0.717) is 0 Å². The molecular formula is C41H48N2O2. The zero-order valence-corrected chi connectivity index (χ0v) is 27.4. The van der Waals surface area contributed by atoms with E-state index in [1.54, 1.807) is 0 Å². The number of hydrogen-bond acceptors (Lipinski definition) is 4. The van der Waals surface area contributed by atoms with Crippen molar-refractivity contribution in [2.24, 2.45) is 0 Å². The smallest absolute Gasteiger partial charge is 0.336 e. The summed E-state index contributed by atoms with van der Waals surface area (Å²) in [4.78, 5) is 18.8. The fourth-order valence-electron chi connectivity index (χ4n) is 6.82. The largest absolute Gasteiger partial charge is 0.455 e. The van der Waals surface area contributed by atoms with Gasteiger partial charge in [-0.1, -0.05) is 123 Å². The highest BCUT2D eigenvalue weighted by Gasteiger charge is 2.43. The molecule has 0 amide bonds. The molecule has 5 rings (SSSR count). The second-order valence-electron chi connectivity index (χ2n) is 12.6. The summed E-state index contributed by atoms with van der Waals surface area (Å²) in [7, 11) is 4.15. The Labute approximate surface area is 270 Å². The Kier molecular flexibility index (Phi) is 10.8. The summed E-state index contributed by atoms with van der Waals surface area (Å²) < 4.78 is 6.54. The highest BCUT2D eigenvalue weighted by Crippen LogP contribution is 2.43. The lowest BCUT2D eigenvalue weighted by atomic mass is 9.79. The van der Waals surface area contributed by atoms with Gasteiger partial charge in [0.05, 0.1) is 5.57 Å². The molecule has 0 saturated carbocycles. The van der Waals surface area contributed by atoms with E-state index in [0.717, 1.165) is 74.1 Å². The number of rotatable bonds is 14. The van der Waals surface area contributed by atoms with Gasteiger partial charge in [-0.15, -0.1) is 0 Å². The molecule has 1 aliphatic heterocycles. The van der Waals surface area contributed by atoms with Gasteiger partial charge in [-0.3, -0.25) is 0 Å². The van der Waals surface area contributed by atoms with Crippen molar-refractivity contribution in [3.05, 3.63) is 149 Å². The van der Waals surface area contributed by atoms with E-state index in [1.165, 1.54) is 16.7 Å². The number of benzene rings is 4. The summed E-state index contributed by atoms with van der Waals surface area (Å²) in [5.41, 5.74) is 7.54. The molecule has 4 aromatic rings. The molecule has 4 aromatic carbocycles. The normalized spacial score (nSPS) is 17.1. The molecule has 0 aromatic heterocycles. The second kappa shape index (κ2) is 15.1. The Balaban J connectivity index is 1.48. The molecular weight excluding hydrogens is 552 g/mol. The van der Waals surface area contributed by atoms with Crippen LogP contribution in [0.25, 0.3) is 0 Å². The molecule has 0 bridgehead atoms. The van der Waals surface area contributed by atoms with Crippen LogP contribution in [0.5, 0.6) is 0 Å². The molecule has 0 saturated heterocycles. The number of nitrogens with zero attached hydrogens (tertiary/aromatic N) is 2. The summed E-state index contributed by atoms with van der Waals surface area (Å²) in [6.07, 6.45) is 5.09. The summed E-state index contributed by atoms with van der Waals surface area (Å²) in [5, 5.41) is 0. The SMILES string of the molecule is CCC[C@]1(CCc2ccccc2)CC(N(C)C)=C([C@@H](CC)c2cccc(N(Cc3ccccc3)Cc3ccccc3)c2)C(=O)O1. The first kappa shape index (κ1) is 32.1. The van der Waals surface area contributed by atoms with Crippen molar-refractivity contribution in [2.75, 3.05) is 19.0 Å². The number of carbonyl (C=O) groups excluding carboxylic acids is 1. The zero-order valence-electron chi connectivity index (χ0n) is 27.4. The molecule has 0 radical (unpaired) electrons. The van der Waals surface area contributed by atoms with E-state index < -0.39 is 5.60 Å². The van der Waals surface area contributed by atoms with Gasteiger partial charge >= 0.3 is 5.97 Å². The predicted molar refractivity (Wildman–Crippen MR) is 186 cm³/mol. The van der Waals surface area contributed by atoms with Crippen molar-refractivity contribution in [2.45, 2.75) is 77.0 Å². The molecule has 4 heteroatoms. The molecule has 234 valence electrons. The number of anilines is 1. The first-order valence-corrected chi connectivity index (χ1v) is 16.5. The van der Waals surface area contributed by atoms with Gasteiger partial charge < -0.3 is 14.5 Å². The van der Waals surface area contributed by atoms with E-state index >= 15 is 0 Å². The topological polar surface area (TPSA) is 32.8 Å². The molecule has 0 fully saturated rings. The summed E-state index contributed by atoms with van der Waals surface area (Å²) in [6.45, 7) is 5.96. The van der Waals surface area contributed by atoms with Crippen molar-refractivity contribution < 1.29 is 9.53 Å². The standard InChI is InChI=1S/C41H48N2O2/c1-5-26-41(27-25-32-17-10-7-11-18-32)29-38(42(3)4)39(40(44)45-41)37(6-2)35-23-16-24-36(28-35)43(30-33-19-12-8-13-20-33)31-34-21-14-9-15-22-34/h7-24,28,37H,5-6,25-27,29-31H2,1-4H3/t37-,41-/m0/s1. The first-order valence-electron chi connectivity index (χ1n) is 16.5. The average Bonchev–Trinajstić information content (AvgIpc) is 3.06. The fraction of sp³-hybridized carbons (Fsp3) is 0.341. The van der Waals surface area contributed by atoms with E-state index in [4.69, 9.17) is 4.74 Å². The monoisotopic (exact) mass is 600 g/mol. The Morgan fingerprint density at radius 1 is 0.733 bits per heavy atom. The van der Waals surface area contributed by atoms with Crippen LogP contribution in [0.3, 0.4) is 0 Å². The van der Waals surface area contributed by atoms with Gasteiger partial charge in [0, 0.05) is 50.9 Å². The zero-order chi connectivity index (χ0) is 31.6. The van der Waals surface area contributed by atoms with Gasteiger partial charge in [0.15, 0.2) is 0 Å².